The Bertz CT molecular complexity index is 202. The number of anilines is 1. The first-order chi connectivity index (χ1) is 4.33. The molecule has 1 radical (unpaired) electrons. The molecule has 0 unspecified atom stereocenters. The van der Waals surface area contributed by atoms with Crippen LogP contribution in [-0.2, 0) is 0 Å². The van der Waals surface area contributed by atoms with Crippen molar-refractivity contribution in [3.63, 3.8) is 0 Å². The molecule has 0 atom stereocenters. The van der Waals surface area contributed by atoms with Gasteiger partial charge in [0.25, 0.3) is 0 Å². The van der Waals surface area contributed by atoms with Gasteiger partial charge in [-0.2, -0.15) is 0 Å². The minimum absolute atomic E-state index is 0.665. The summed E-state index contributed by atoms with van der Waals surface area (Å²) in [5.74, 6) is 0. The van der Waals surface area contributed by atoms with Crippen molar-refractivity contribution in [2.75, 3.05) is 5.73 Å². The van der Waals surface area contributed by atoms with Gasteiger partial charge in [-0.1, -0.05) is 17.6 Å². The second kappa shape index (κ2) is 2.55. The Morgan fingerprint density at radius 3 is 2.67 bits per heavy atom. The predicted octanol–water partition coefficient (Wildman–Crippen LogP) is -0.494. The lowest BCUT2D eigenvalue weighted by Gasteiger charge is -1.93. The number of hydrogen-bond donors (Lipinski definition) is 2. The summed E-state index contributed by atoms with van der Waals surface area (Å²) in [5.41, 5.74) is 6.80. The van der Waals surface area contributed by atoms with Crippen molar-refractivity contribution in [3.05, 3.63) is 24.3 Å². The number of nitrogen functional groups attached to an aromatic ring is 1. The van der Waals surface area contributed by atoms with E-state index in [1.807, 2.05) is 0 Å². The Kier molecular flexibility index (Phi) is 1.75. The largest absolute Gasteiger partial charge is 0.450 e. The smallest absolute Gasteiger partial charge is 0.326 e. The van der Waals surface area contributed by atoms with E-state index in [4.69, 9.17) is 10.8 Å². The van der Waals surface area contributed by atoms with Gasteiger partial charge in [-0.25, -0.2) is 0 Å². The fourth-order valence-electron chi connectivity index (χ4n) is 0.639. The highest BCUT2D eigenvalue weighted by atomic mass is 16.2. The summed E-state index contributed by atoms with van der Waals surface area (Å²) in [4.78, 5) is 0. The molecular formula is C6H7BNO. The minimum atomic E-state index is 0.665. The summed E-state index contributed by atoms with van der Waals surface area (Å²) < 4.78 is 0. The average molecular weight is 120 g/mol. The minimum Gasteiger partial charge on any atom is -0.450 e. The molecular weight excluding hydrogens is 113 g/mol. The fraction of sp³-hybridized carbons (Fsp3) is 0. The van der Waals surface area contributed by atoms with Crippen LogP contribution in [0.1, 0.15) is 0 Å². The molecule has 0 saturated heterocycles. The predicted molar refractivity (Wildman–Crippen MR) is 38.5 cm³/mol. The van der Waals surface area contributed by atoms with Crippen molar-refractivity contribution < 1.29 is 5.02 Å². The summed E-state index contributed by atoms with van der Waals surface area (Å²) >= 11 is 0. The lowest BCUT2D eigenvalue weighted by molar-refractivity contribution is 0.615. The van der Waals surface area contributed by atoms with Gasteiger partial charge in [0.2, 0.25) is 0 Å². The first-order valence-electron chi connectivity index (χ1n) is 2.66. The average Bonchev–Trinajstić information content (AvgIpc) is 1.88. The van der Waals surface area contributed by atoms with Gasteiger partial charge in [-0.05, 0) is 12.1 Å². The molecule has 0 aliphatic carbocycles. The molecule has 0 aromatic heterocycles. The van der Waals surface area contributed by atoms with Crippen LogP contribution in [-0.4, -0.2) is 12.5 Å². The van der Waals surface area contributed by atoms with Crippen LogP contribution in [0.25, 0.3) is 0 Å². The Hall–Kier alpha value is -0.955. The zero-order valence-electron chi connectivity index (χ0n) is 4.91. The van der Waals surface area contributed by atoms with Crippen LogP contribution < -0.4 is 11.2 Å². The summed E-state index contributed by atoms with van der Waals surface area (Å²) in [6.07, 6.45) is 0. The normalized spacial score (nSPS) is 9.00. The zero-order valence-corrected chi connectivity index (χ0v) is 4.91. The van der Waals surface area contributed by atoms with E-state index in [2.05, 4.69) is 0 Å². The van der Waals surface area contributed by atoms with Gasteiger partial charge in [-0.15, -0.1) is 0 Å². The van der Waals surface area contributed by atoms with E-state index >= 15 is 0 Å². The lowest BCUT2D eigenvalue weighted by atomic mass is 9.89. The van der Waals surface area contributed by atoms with Crippen LogP contribution >= 0.6 is 0 Å². The number of benzene rings is 1. The molecule has 2 nitrogen and oxygen atoms in total. The fourth-order valence-corrected chi connectivity index (χ4v) is 0.639. The zero-order chi connectivity index (χ0) is 6.69. The lowest BCUT2D eigenvalue weighted by Crippen LogP contribution is -2.12. The maximum Gasteiger partial charge on any atom is 0.326 e. The van der Waals surface area contributed by atoms with Gasteiger partial charge in [0.05, 0.1) is 0 Å². The third-order valence-electron chi connectivity index (χ3n) is 1.06. The maximum atomic E-state index is 8.48. The molecule has 1 aromatic carbocycles. The van der Waals surface area contributed by atoms with Gasteiger partial charge >= 0.3 is 7.48 Å². The molecule has 0 heterocycles. The van der Waals surface area contributed by atoms with E-state index in [0.29, 0.717) is 5.69 Å². The summed E-state index contributed by atoms with van der Waals surface area (Å²) in [7, 11) is 1.02. The van der Waals surface area contributed by atoms with Gasteiger partial charge in [-0.3, -0.25) is 0 Å². The van der Waals surface area contributed by atoms with Gasteiger partial charge in [0.15, 0.2) is 0 Å². The van der Waals surface area contributed by atoms with Crippen molar-refractivity contribution in [3.8, 4) is 0 Å². The number of rotatable bonds is 1. The number of nitrogens with two attached hydrogens (primary N) is 1. The molecule has 1 rings (SSSR count). The van der Waals surface area contributed by atoms with E-state index in [1.54, 1.807) is 24.3 Å². The molecule has 9 heavy (non-hydrogen) atoms. The SMILES string of the molecule is Nc1cccc([B]O)c1. The molecule has 1 aromatic rings. The van der Waals surface area contributed by atoms with E-state index in [-0.39, 0.29) is 0 Å². The Morgan fingerprint density at radius 2 is 2.22 bits per heavy atom. The quantitative estimate of drug-likeness (QED) is 0.387. The molecule has 45 valence electrons. The monoisotopic (exact) mass is 120 g/mol. The molecule has 3 heteroatoms. The first kappa shape index (κ1) is 6.17. The van der Waals surface area contributed by atoms with Crippen LogP contribution in [0.15, 0.2) is 24.3 Å². The van der Waals surface area contributed by atoms with Crippen molar-refractivity contribution >= 4 is 18.6 Å². The second-order valence-corrected chi connectivity index (χ2v) is 1.80. The Labute approximate surface area is 54.6 Å². The van der Waals surface area contributed by atoms with Crippen LogP contribution in [0.3, 0.4) is 0 Å². The van der Waals surface area contributed by atoms with Crippen molar-refractivity contribution in [1.29, 1.82) is 0 Å². The van der Waals surface area contributed by atoms with Crippen LogP contribution in [0.5, 0.6) is 0 Å². The molecule has 0 amide bonds. The first-order valence-corrected chi connectivity index (χ1v) is 2.66. The van der Waals surface area contributed by atoms with Crippen molar-refractivity contribution in [1.82, 2.24) is 0 Å². The van der Waals surface area contributed by atoms with Gasteiger partial charge < -0.3 is 10.8 Å². The van der Waals surface area contributed by atoms with E-state index in [9.17, 15) is 0 Å². The summed E-state index contributed by atoms with van der Waals surface area (Å²) in [6, 6.07) is 7.03. The molecule has 0 aliphatic rings. The molecule has 0 saturated carbocycles. The van der Waals surface area contributed by atoms with Crippen LogP contribution in [0, 0.1) is 0 Å². The van der Waals surface area contributed by atoms with Crippen molar-refractivity contribution in [2.45, 2.75) is 0 Å². The van der Waals surface area contributed by atoms with E-state index in [1.165, 1.54) is 0 Å². The number of hydrogen-bond acceptors (Lipinski definition) is 2. The van der Waals surface area contributed by atoms with E-state index in [0.717, 1.165) is 12.9 Å². The standard InChI is InChI=1S/C6H7BNO/c8-6-3-1-2-5(4-6)7-9/h1-4,9H,8H2. The molecule has 0 fully saturated rings. The highest BCUT2D eigenvalue weighted by molar-refractivity contribution is 6.45. The highest BCUT2D eigenvalue weighted by Gasteiger charge is 1.90. The summed E-state index contributed by atoms with van der Waals surface area (Å²) in [5, 5.41) is 8.48. The topological polar surface area (TPSA) is 46.2 Å². The third-order valence-corrected chi connectivity index (χ3v) is 1.06. The molecule has 0 bridgehead atoms. The van der Waals surface area contributed by atoms with Crippen LogP contribution in [0.4, 0.5) is 5.69 Å². The molecule has 3 N–H and O–H groups in total. The summed E-state index contributed by atoms with van der Waals surface area (Å²) in [6.45, 7) is 0. The highest BCUT2D eigenvalue weighted by Crippen LogP contribution is 1.94. The maximum absolute atomic E-state index is 8.48. The van der Waals surface area contributed by atoms with Gasteiger partial charge in [0, 0.05) is 5.69 Å². The third kappa shape index (κ3) is 1.47. The molecule has 0 aliphatic heterocycles. The van der Waals surface area contributed by atoms with E-state index < -0.39 is 0 Å². The molecule has 0 spiro atoms. The Morgan fingerprint density at radius 1 is 1.44 bits per heavy atom. The van der Waals surface area contributed by atoms with Gasteiger partial charge in [0.1, 0.15) is 0 Å². The van der Waals surface area contributed by atoms with Crippen LogP contribution in [0.2, 0.25) is 0 Å². The second-order valence-electron chi connectivity index (χ2n) is 1.80. The van der Waals surface area contributed by atoms with Crippen molar-refractivity contribution in [2.24, 2.45) is 0 Å². The Balaban J connectivity index is 2.94.